The molecule has 0 spiro atoms. The second kappa shape index (κ2) is 5.61. The quantitative estimate of drug-likeness (QED) is 0.586. The number of hydrogen-bond acceptors (Lipinski definition) is 3. The zero-order valence-corrected chi connectivity index (χ0v) is 9.50. The largest absolute Gasteiger partial charge is 0.482 e. The molecule has 0 aromatic heterocycles. The van der Waals surface area contributed by atoms with Crippen molar-refractivity contribution >= 4 is 17.6 Å². The average Bonchev–Trinajstić information content (AvgIpc) is 2.27. The first-order valence-corrected chi connectivity index (χ1v) is 5.06. The summed E-state index contributed by atoms with van der Waals surface area (Å²) < 4.78 is 9.78. The summed E-state index contributed by atoms with van der Waals surface area (Å²) in [4.78, 5) is 10.9. The van der Waals surface area contributed by atoms with Gasteiger partial charge in [-0.25, -0.2) is 4.79 Å². The fraction of sp³-hybridized carbons (Fsp3) is 0.364. The second-order valence-corrected chi connectivity index (χ2v) is 3.31. The maximum absolute atomic E-state index is 10.9. The Hall–Kier alpha value is -1.22. The highest BCUT2D eigenvalue weighted by Crippen LogP contribution is 2.22. The van der Waals surface area contributed by atoms with Crippen LogP contribution in [0.25, 0.3) is 0 Å². The first kappa shape index (κ1) is 11.9. The van der Waals surface area contributed by atoms with Crippen molar-refractivity contribution in [2.45, 2.75) is 12.8 Å². The number of carbonyl (C=O) groups is 1. The molecule has 4 heteroatoms. The third kappa shape index (κ3) is 3.13. The van der Waals surface area contributed by atoms with Crippen LogP contribution in [-0.4, -0.2) is 19.7 Å². The van der Waals surface area contributed by atoms with Crippen LogP contribution in [0, 0.1) is 6.92 Å². The fourth-order valence-electron chi connectivity index (χ4n) is 1.16. The lowest BCUT2D eigenvalue weighted by Gasteiger charge is -2.10. The molecule has 0 saturated carbocycles. The number of halogens is 1. The number of hydrogen-bond donors (Lipinski definition) is 0. The summed E-state index contributed by atoms with van der Waals surface area (Å²) in [6.45, 7) is 1.83. The molecule has 0 radical (unpaired) electrons. The average molecular weight is 229 g/mol. The lowest BCUT2D eigenvalue weighted by atomic mass is 10.1. The van der Waals surface area contributed by atoms with Gasteiger partial charge in [0, 0.05) is 5.88 Å². The molecule has 0 heterocycles. The van der Waals surface area contributed by atoms with Gasteiger partial charge in [0.1, 0.15) is 5.75 Å². The smallest absolute Gasteiger partial charge is 0.343 e. The molecule has 0 fully saturated rings. The summed E-state index contributed by atoms with van der Waals surface area (Å²) >= 11 is 5.75. The lowest BCUT2D eigenvalue weighted by Crippen LogP contribution is -2.13. The molecule has 0 atom stereocenters. The summed E-state index contributed by atoms with van der Waals surface area (Å²) in [6, 6.07) is 5.57. The third-order valence-corrected chi connectivity index (χ3v) is 2.40. The van der Waals surface area contributed by atoms with Crippen molar-refractivity contribution < 1.29 is 14.3 Å². The molecule has 0 aliphatic heterocycles. The van der Waals surface area contributed by atoms with E-state index in [-0.39, 0.29) is 6.61 Å². The molecule has 0 aliphatic rings. The molecule has 0 aliphatic carbocycles. The van der Waals surface area contributed by atoms with Gasteiger partial charge >= 0.3 is 5.97 Å². The van der Waals surface area contributed by atoms with Crippen LogP contribution in [0.5, 0.6) is 5.75 Å². The highest BCUT2D eigenvalue weighted by Gasteiger charge is 2.06. The Balaban J connectivity index is 2.73. The molecule has 3 nitrogen and oxygen atoms in total. The van der Waals surface area contributed by atoms with Crippen LogP contribution in [0.3, 0.4) is 0 Å². The van der Waals surface area contributed by atoms with Crippen molar-refractivity contribution in [2.75, 3.05) is 13.7 Å². The highest BCUT2D eigenvalue weighted by atomic mass is 35.5. The highest BCUT2D eigenvalue weighted by molar-refractivity contribution is 6.17. The van der Waals surface area contributed by atoms with Crippen molar-refractivity contribution in [3.05, 3.63) is 29.3 Å². The van der Waals surface area contributed by atoms with Gasteiger partial charge in [-0.05, 0) is 24.1 Å². The van der Waals surface area contributed by atoms with Gasteiger partial charge in [0.25, 0.3) is 0 Å². The number of methoxy groups -OCH3 is 1. The molecule has 0 saturated heterocycles. The first-order valence-electron chi connectivity index (χ1n) is 4.53. The summed E-state index contributed by atoms with van der Waals surface area (Å²) in [5.74, 6) is 0.700. The van der Waals surface area contributed by atoms with E-state index in [0.29, 0.717) is 11.6 Å². The van der Waals surface area contributed by atoms with E-state index >= 15 is 0 Å². The molecular formula is C11H13ClO3. The van der Waals surface area contributed by atoms with Crippen molar-refractivity contribution in [2.24, 2.45) is 0 Å². The number of rotatable bonds is 4. The van der Waals surface area contributed by atoms with Gasteiger partial charge in [-0.2, -0.15) is 0 Å². The predicted molar refractivity (Wildman–Crippen MR) is 58.2 cm³/mol. The minimum Gasteiger partial charge on any atom is -0.482 e. The van der Waals surface area contributed by atoms with E-state index in [9.17, 15) is 4.79 Å². The van der Waals surface area contributed by atoms with E-state index in [1.165, 1.54) is 7.11 Å². The van der Waals surface area contributed by atoms with E-state index in [1.807, 2.05) is 19.1 Å². The Labute approximate surface area is 93.9 Å². The van der Waals surface area contributed by atoms with Crippen molar-refractivity contribution in [3.8, 4) is 5.75 Å². The summed E-state index contributed by atoms with van der Waals surface area (Å²) in [6.07, 6.45) is 0. The van der Waals surface area contributed by atoms with Gasteiger partial charge in [0.05, 0.1) is 7.11 Å². The maximum Gasteiger partial charge on any atom is 0.343 e. The van der Waals surface area contributed by atoms with Crippen LogP contribution in [0.15, 0.2) is 18.2 Å². The number of esters is 1. The molecular weight excluding hydrogens is 216 g/mol. The topological polar surface area (TPSA) is 35.5 Å². The molecule has 1 aromatic rings. The molecule has 82 valence electrons. The van der Waals surface area contributed by atoms with E-state index in [0.717, 1.165) is 11.1 Å². The van der Waals surface area contributed by atoms with Crippen LogP contribution >= 0.6 is 11.6 Å². The van der Waals surface area contributed by atoms with Crippen molar-refractivity contribution in [3.63, 3.8) is 0 Å². The zero-order valence-electron chi connectivity index (χ0n) is 8.75. The minimum absolute atomic E-state index is 0.0803. The molecule has 0 N–H and O–H groups in total. The molecule has 0 unspecified atom stereocenters. The molecule has 1 rings (SSSR count). The number of benzene rings is 1. The Kier molecular flexibility index (Phi) is 4.43. The molecule has 15 heavy (non-hydrogen) atoms. The van der Waals surface area contributed by atoms with Gasteiger partial charge in [-0.1, -0.05) is 12.1 Å². The second-order valence-electron chi connectivity index (χ2n) is 3.04. The summed E-state index contributed by atoms with van der Waals surface area (Å²) in [7, 11) is 1.33. The van der Waals surface area contributed by atoms with Crippen molar-refractivity contribution in [1.29, 1.82) is 0 Å². The van der Waals surface area contributed by atoms with Crippen molar-refractivity contribution in [1.82, 2.24) is 0 Å². The van der Waals surface area contributed by atoms with E-state index in [2.05, 4.69) is 4.74 Å². The maximum atomic E-state index is 10.9. The monoisotopic (exact) mass is 228 g/mol. The summed E-state index contributed by atoms with van der Waals surface area (Å²) in [5, 5.41) is 0. The van der Waals surface area contributed by atoms with E-state index < -0.39 is 5.97 Å². The normalized spacial score (nSPS) is 9.80. The van der Waals surface area contributed by atoms with Gasteiger partial charge in [-0.15, -0.1) is 11.6 Å². The Bertz CT molecular complexity index is 350. The predicted octanol–water partition coefficient (Wildman–Crippen LogP) is 2.29. The SMILES string of the molecule is COC(=O)COc1cccc(CCl)c1C. The summed E-state index contributed by atoms with van der Waals surface area (Å²) in [5.41, 5.74) is 1.95. The Morgan fingerprint density at radius 3 is 2.80 bits per heavy atom. The lowest BCUT2D eigenvalue weighted by molar-refractivity contribution is -0.142. The Morgan fingerprint density at radius 1 is 1.47 bits per heavy atom. The van der Waals surface area contributed by atoms with Crippen LogP contribution in [-0.2, 0) is 15.4 Å². The number of alkyl halides is 1. The fourth-order valence-corrected chi connectivity index (χ4v) is 1.45. The van der Waals surface area contributed by atoms with E-state index in [4.69, 9.17) is 16.3 Å². The zero-order chi connectivity index (χ0) is 11.3. The van der Waals surface area contributed by atoms with E-state index in [1.54, 1.807) is 6.07 Å². The molecule has 0 amide bonds. The van der Waals surface area contributed by atoms with Gasteiger partial charge < -0.3 is 9.47 Å². The molecule has 1 aromatic carbocycles. The first-order chi connectivity index (χ1) is 7.19. The van der Waals surface area contributed by atoms with Crippen LogP contribution < -0.4 is 4.74 Å². The minimum atomic E-state index is -0.398. The molecule has 0 bridgehead atoms. The standard InChI is InChI=1S/C11H13ClO3/c1-8-9(6-12)4-3-5-10(8)15-7-11(13)14-2/h3-5H,6-7H2,1-2H3. The van der Waals surface area contributed by atoms with Gasteiger partial charge in [-0.3, -0.25) is 0 Å². The van der Waals surface area contributed by atoms with Crippen LogP contribution in [0.4, 0.5) is 0 Å². The van der Waals surface area contributed by atoms with Crippen LogP contribution in [0.1, 0.15) is 11.1 Å². The van der Waals surface area contributed by atoms with Gasteiger partial charge in [0.15, 0.2) is 6.61 Å². The number of ether oxygens (including phenoxy) is 2. The Morgan fingerprint density at radius 2 is 2.20 bits per heavy atom. The van der Waals surface area contributed by atoms with Crippen LogP contribution in [0.2, 0.25) is 0 Å². The third-order valence-electron chi connectivity index (χ3n) is 2.11. The number of carbonyl (C=O) groups excluding carboxylic acids is 1. The van der Waals surface area contributed by atoms with Gasteiger partial charge in [0.2, 0.25) is 0 Å².